The fraction of sp³-hybridized carbons (Fsp3) is 0.800. The van der Waals surface area contributed by atoms with Crippen LogP contribution in [0.5, 0.6) is 0 Å². The van der Waals surface area contributed by atoms with E-state index in [4.69, 9.17) is 9.47 Å². The third kappa shape index (κ3) is 7.11. The fourth-order valence-electron chi connectivity index (χ4n) is 0.682. The third-order valence-electron chi connectivity index (χ3n) is 1.93. The van der Waals surface area contributed by atoms with E-state index < -0.39 is 0 Å². The molecule has 0 heterocycles. The summed E-state index contributed by atoms with van der Waals surface area (Å²) in [5, 5.41) is 0. The molecule has 0 atom stereocenters. The Labute approximate surface area is 86.7 Å². The van der Waals surface area contributed by atoms with Crippen LogP contribution in [-0.2, 0) is 9.47 Å². The zero-order valence-corrected chi connectivity index (χ0v) is 9.69. The number of ether oxygens (including phenoxy) is 2. The van der Waals surface area contributed by atoms with Gasteiger partial charge in [-0.15, -0.1) is 0 Å². The van der Waals surface area contributed by atoms with Crippen molar-refractivity contribution in [3.8, 4) is 0 Å². The maximum absolute atomic E-state index is 5.40. The SMILES string of the molecule is C=C(CS)COCCC(C)(C)OC. The molecule has 3 heteroatoms. The van der Waals surface area contributed by atoms with Gasteiger partial charge in [0.15, 0.2) is 0 Å². The van der Waals surface area contributed by atoms with Gasteiger partial charge < -0.3 is 9.47 Å². The summed E-state index contributed by atoms with van der Waals surface area (Å²) in [7, 11) is 1.71. The van der Waals surface area contributed by atoms with Crippen LogP contribution >= 0.6 is 12.6 Å². The van der Waals surface area contributed by atoms with E-state index in [9.17, 15) is 0 Å². The van der Waals surface area contributed by atoms with E-state index in [2.05, 4.69) is 19.2 Å². The molecule has 0 unspecified atom stereocenters. The largest absolute Gasteiger partial charge is 0.379 e. The molecule has 0 amide bonds. The highest BCUT2D eigenvalue weighted by molar-refractivity contribution is 7.80. The molecule has 0 spiro atoms. The van der Waals surface area contributed by atoms with Crippen molar-refractivity contribution in [2.24, 2.45) is 0 Å². The van der Waals surface area contributed by atoms with Crippen molar-refractivity contribution in [3.63, 3.8) is 0 Å². The first-order chi connectivity index (χ1) is 6.02. The third-order valence-corrected chi connectivity index (χ3v) is 2.38. The average Bonchev–Trinajstić information content (AvgIpc) is 2.12. The van der Waals surface area contributed by atoms with Gasteiger partial charge in [-0.2, -0.15) is 12.6 Å². The van der Waals surface area contributed by atoms with E-state index in [-0.39, 0.29) is 5.60 Å². The van der Waals surface area contributed by atoms with Gasteiger partial charge in [0.05, 0.1) is 12.2 Å². The summed E-state index contributed by atoms with van der Waals surface area (Å²) in [6.07, 6.45) is 0.892. The number of hydrogen-bond acceptors (Lipinski definition) is 3. The normalized spacial score (nSPS) is 11.7. The Morgan fingerprint density at radius 1 is 1.46 bits per heavy atom. The summed E-state index contributed by atoms with van der Waals surface area (Å²) in [5.74, 6) is 0.688. The molecule has 0 bridgehead atoms. The van der Waals surface area contributed by atoms with E-state index in [1.807, 2.05) is 13.8 Å². The molecule has 0 radical (unpaired) electrons. The molecule has 13 heavy (non-hydrogen) atoms. The minimum atomic E-state index is -0.0949. The molecule has 2 nitrogen and oxygen atoms in total. The molecule has 0 aliphatic heterocycles. The van der Waals surface area contributed by atoms with Gasteiger partial charge >= 0.3 is 0 Å². The minimum absolute atomic E-state index is 0.0949. The predicted molar refractivity (Wildman–Crippen MR) is 59.5 cm³/mol. The Kier molecular flexibility index (Phi) is 6.47. The molecule has 0 N–H and O–H groups in total. The minimum Gasteiger partial charge on any atom is -0.379 e. The zero-order chi connectivity index (χ0) is 10.3. The first-order valence-corrected chi connectivity index (χ1v) is 5.05. The average molecular weight is 204 g/mol. The van der Waals surface area contributed by atoms with Gasteiger partial charge in [0.1, 0.15) is 0 Å². The van der Waals surface area contributed by atoms with Crippen LogP contribution in [0.1, 0.15) is 20.3 Å². The van der Waals surface area contributed by atoms with Gasteiger partial charge in [0.2, 0.25) is 0 Å². The van der Waals surface area contributed by atoms with Gasteiger partial charge in [-0.25, -0.2) is 0 Å². The fourth-order valence-corrected chi connectivity index (χ4v) is 0.773. The van der Waals surface area contributed by atoms with Gasteiger partial charge in [-0.1, -0.05) is 6.58 Å². The first kappa shape index (κ1) is 13.0. The topological polar surface area (TPSA) is 18.5 Å². The number of hydrogen-bond donors (Lipinski definition) is 1. The number of thiol groups is 1. The summed E-state index contributed by atoms with van der Waals surface area (Å²) < 4.78 is 10.6. The van der Waals surface area contributed by atoms with Gasteiger partial charge in [0.25, 0.3) is 0 Å². The molecule has 0 saturated carbocycles. The second kappa shape index (κ2) is 6.46. The van der Waals surface area contributed by atoms with E-state index in [1.54, 1.807) is 7.11 Å². The van der Waals surface area contributed by atoms with E-state index >= 15 is 0 Å². The smallest absolute Gasteiger partial charge is 0.0682 e. The lowest BCUT2D eigenvalue weighted by Crippen LogP contribution is -2.24. The second-order valence-corrected chi connectivity index (χ2v) is 3.99. The van der Waals surface area contributed by atoms with Gasteiger partial charge in [0, 0.05) is 19.5 Å². The van der Waals surface area contributed by atoms with Crippen LogP contribution in [0.4, 0.5) is 0 Å². The first-order valence-electron chi connectivity index (χ1n) is 4.42. The lowest BCUT2D eigenvalue weighted by molar-refractivity contribution is -0.00711. The molecular formula is C10H20O2S. The van der Waals surface area contributed by atoms with E-state index in [0.29, 0.717) is 19.0 Å². The maximum atomic E-state index is 5.40. The van der Waals surface area contributed by atoms with Crippen molar-refractivity contribution < 1.29 is 9.47 Å². The molecule has 0 aromatic rings. The van der Waals surface area contributed by atoms with E-state index in [0.717, 1.165) is 12.0 Å². The quantitative estimate of drug-likeness (QED) is 0.390. The monoisotopic (exact) mass is 204 g/mol. The van der Waals surface area contributed by atoms with Crippen molar-refractivity contribution in [2.45, 2.75) is 25.9 Å². The lowest BCUT2D eigenvalue weighted by Gasteiger charge is -2.22. The molecule has 0 aliphatic carbocycles. The summed E-state index contributed by atoms with van der Waals surface area (Å²) in [4.78, 5) is 0. The lowest BCUT2D eigenvalue weighted by atomic mass is 10.1. The molecule has 78 valence electrons. The number of methoxy groups -OCH3 is 1. The van der Waals surface area contributed by atoms with Crippen LogP contribution < -0.4 is 0 Å². The number of rotatable bonds is 7. The summed E-state index contributed by atoms with van der Waals surface area (Å²) >= 11 is 4.09. The molecule has 0 aliphatic rings. The summed E-state index contributed by atoms with van der Waals surface area (Å²) in [5.41, 5.74) is 0.918. The molecule has 0 aromatic heterocycles. The maximum Gasteiger partial charge on any atom is 0.0682 e. The van der Waals surface area contributed by atoms with Crippen LogP contribution in [0, 0.1) is 0 Å². The zero-order valence-electron chi connectivity index (χ0n) is 8.80. The molecule has 0 aromatic carbocycles. The summed E-state index contributed by atoms with van der Waals surface area (Å²) in [6.45, 7) is 9.19. The standard InChI is InChI=1S/C10H20O2S/c1-9(8-13)7-12-6-5-10(2,3)11-4/h13H,1,5-8H2,2-4H3. The second-order valence-electron chi connectivity index (χ2n) is 3.67. The van der Waals surface area contributed by atoms with Crippen LogP contribution in [0.15, 0.2) is 12.2 Å². The van der Waals surface area contributed by atoms with Crippen molar-refractivity contribution in [1.29, 1.82) is 0 Å². The Balaban J connectivity index is 3.41. The van der Waals surface area contributed by atoms with Crippen LogP contribution in [0.2, 0.25) is 0 Å². The van der Waals surface area contributed by atoms with Crippen LogP contribution in [0.3, 0.4) is 0 Å². The Bertz CT molecular complexity index is 155. The Morgan fingerprint density at radius 3 is 2.54 bits per heavy atom. The highest BCUT2D eigenvalue weighted by atomic mass is 32.1. The van der Waals surface area contributed by atoms with Crippen molar-refractivity contribution in [3.05, 3.63) is 12.2 Å². The molecular weight excluding hydrogens is 184 g/mol. The van der Waals surface area contributed by atoms with Crippen molar-refractivity contribution in [1.82, 2.24) is 0 Å². The molecule has 0 fully saturated rings. The highest BCUT2D eigenvalue weighted by Crippen LogP contribution is 2.12. The van der Waals surface area contributed by atoms with Gasteiger partial charge in [-0.05, 0) is 25.8 Å². The highest BCUT2D eigenvalue weighted by Gasteiger charge is 2.15. The predicted octanol–water partition coefficient (Wildman–Crippen LogP) is 2.30. The van der Waals surface area contributed by atoms with Crippen LogP contribution in [0.25, 0.3) is 0 Å². The van der Waals surface area contributed by atoms with E-state index in [1.165, 1.54) is 0 Å². The van der Waals surface area contributed by atoms with Crippen molar-refractivity contribution >= 4 is 12.6 Å². The molecule has 0 rings (SSSR count). The van der Waals surface area contributed by atoms with Gasteiger partial charge in [-0.3, -0.25) is 0 Å². The van der Waals surface area contributed by atoms with Crippen LogP contribution in [-0.4, -0.2) is 31.7 Å². The Morgan fingerprint density at radius 2 is 2.08 bits per heavy atom. The Hall–Kier alpha value is 0.01000. The summed E-state index contributed by atoms with van der Waals surface area (Å²) in [6, 6.07) is 0. The molecule has 0 saturated heterocycles. The van der Waals surface area contributed by atoms with Crippen molar-refractivity contribution in [2.75, 3.05) is 26.1 Å².